The maximum Gasteiger partial charge on any atom is 0.0934 e. The number of aromatic nitrogens is 3. The molecular weight excluding hydrogens is 308 g/mol. The average molecular weight is 332 g/mol. The van der Waals surface area contributed by atoms with Gasteiger partial charge in [0.15, 0.2) is 0 Å². The summed E-state index contributed by atoms with van der Waals surface area (Å²) in [5.41, 5.74) is 7.87. The van der Waals surface area contributed by atoms with Crippen LogP contribution in [0.2, 0.25) is 0 Å². The fourth-order valence-corrected chi connectivity index (χ4v) is 4.71. The molecule has 3 aromatic rings. The zero-order valence-corrected chi connectivity index (χ0v) is 14.8. The van der Waals surface area contributed by atoms with Gasteiger partial charge < -0.3 is 4.57 Å². The molecule has 5 heterocycles. The molecule has 0 N–H and O–H groups in total. The predicted octanol–water partition coefficient (Wildman–Crippen LogP) is 3.68. The van der Waals surface area contributed by atoms with Crippen LogP contribution < -0.4 is 0 Å². The maximum absolute atomic E-state index is 4.96. The van der Waals surface area contributed by atoms with Crippen molar-refractivity contribution in [3.05, 3.63) is 59.2 Å². The Kier molecular flexibility index (Phi) is 3.59. The number of aryl methyl sites for hydroxylation is 3. The number of nitrogens with zero attached hydrogens (tertiary/aromatic N) is 4. The minimum absolute atomic E-state index is 0.580. The van der Waals surface area contributed by atoms with Crippen molar-refractivity contribution in [3.8, 4) is 0 Å². The molecule has 1 saturated heterocycles. The first-order chi connectivity index (χ1) is 12.3. The van der Waals surface area contributed by atoms with Gasteiger partial charge in [0.25, 0.3) is 0 Å². The first kappa shape index (κ1) is 15.1. The van der Waals surface area contributed by atoms with Gasteiger partial charge in [-0.1, -0.05) is 6.07 Å². The highest BCUT2D eigenvalue weighted by atomic mass is 15.2. The van der Waals surface area contributed by atoms with Gasteiger partial charge in [0.2, 0.25) is 0 Å². The normalized spacial score (nSPS) is 20.0. The molecular formula is C21H24N4. The molecule has 128 valence electrons. The van der Waals surface area contributed by atoms with Gasteiger partial charge in [-0.2, -0.15) is 0 Å². The van der Waals surface area contributed by atoms with Crippen LogP contribution in [0.1, 0.15) is 41.5 Å². The highest BCUT2D eigenvalue weighted by Crippen LogP contribution is 2.42. The Morgan fingerprint density at radius 3 is 3.00 bits per heavy atom. The summed E-state index contributed by atoms with van der Waals surface area (Å²) < 4.78 is 2.53. The fraction of sp³-hybridized carbons (Fsp3) is 0.429. The van der Waals surface area contributed by atoms with Crippen molar-refractivity contribution in [2.75, 3.05) is 13.1 Å². The van der Waals surface area contributed by atoms with Crippen LogP contribution in [0.25, 0.3) is 11.0 Å². The van der Waals surface area contributed by atoms with Gasteiger partial charge in [0.05, 0.1) is 11.0 Å². The molecule has 25 heavy (non-hydrogen) atoms. The zero-order valence-electron chi connectivity index (χ0n) is 14.8. The second kappa shape index (κ2) is 5.95. The Bertz CT molecular complexity index is 913. The molecule has 0 bridgehead atoms. The lowest BCUT2D eigenvalue weighted by atomic mass is 9.98. The lowest BCUT2D eigenvalue weighted by molar-refractivity contribution is 0.241. The van der Waals surface area contributed by atoms with E-state index in [4.69, 9.17) is 4.98 Å². The molecule has 0 aromatic carbocycles. The lowest BCUT2D eigenvalue weighted by Crippen LogP contribution is -2.31. The number of fused-ring (bicyclic) bond motifs is 5. The van der Waals surface area contributed by atoms with E-state index < -0.39 is 0 Å². The third-order valence-corrected chi connectivity index (χ3v) is 5.85. The summed E-state index contributed by atoms with van der Waals surface area (Å²) in [4.78, 5) is 12.1. The molecule has 3 aromatic heterocycles. The fourth-order valence-electron chi connectivity index (χ4n) is 4.71. The quantitative estimate of drug-likeness (QED) is 0.734. The van der Waals surface area contributed by atoms with Gasteiger partial charge in [-0.15, -0.1) is 0 Å². The Morgan fingerprint density at radius 2 is 2.12 bits per heavy atom. The molecule has 0 saturated carbocycles. The van der Waals surface area contributed by atoms with E-state index in [0.717, 1.165) is 30.8 Å². The maximum atomic E-state index is 4.96. The smallest absolute Gasteiger partial charge is 0.0934 e. The predicted molar refractivity (Wildman–Crippen MR) is 99.7 cm³/mol. The molecule has 1 atom stereocenters. The van der Waals surface area contributed by atoms with Crippen LogP contribution in [-0.2, 0) is 19.4 Å². The van der Waals surface area contributed by atoms with E-state index >= 15 is 0 Å². The molecule has 0 amide bonds. The van der Waals surface area contributed by atoms with E-state index in [1.54, 1.807) is 0 Å². The average Bonchev–Trinajstić information content (AvgIpc) is 3.22. The van der Waals surface area contributed by atoms with Gasteiger partial charge in [-0.25, -0.2) is 0 Å². The summed E-state index contributed by atoms with van der Waals surface area (Å²) in [5.74, 6) is 0. The van der Waals surface area contributed by atoms with E-state index in [9.17, 15) is 0 Å². The van der Waals surface area contributed by atoms with Crippen molar-refractivity contribution >= 4 is 11.0 Å². The van der Waals surface area contributed by atoms with Crippen molar-refractivity contribution in [3.63, 3.8) is 0 Å². The van der Waals surface area contributed by atoms with Crippen molar-refractivity contribution in [2.24, 2.45) is 0 Å². The number of pyridine rings is 2. The molecule has 5 rings (SSSR count). The SMILES string of the molecule is Cc1ccc2c(n1)c1c(n2CCc2ccccn2)CCN2CCCC12. The van der Waals surface area contributed by atoms with E-state index in [1.807, 2.05) is 12.3 Å². The van der Waals surface area contributed by atoms with E-state index in [2.05, 4.69) is 45.6 Å². The number of hydrogen-bond acceptors (Lipinski definition) is 3. The Morgan fingerprint density at radius 1 is 1.16 bits per heavy atom. The highest BCUT2D eigenvalue weighted by Gasteiger charge is 2.35. The molecule has 4 heteroatoms. The molecule has 4 nitrogen and oxygen atoms in total. The minimum Gasteiger partial charge on any atom is -0.342 e. The van der Waals surface area contributed by atoms with Crippen LogP contribution in [0.5, 0.6) is 0 Å². The summed E-state index contributed by atoms with van der Waals surface area (Å²) in [6, 6.07) is 11.2. The zero-order chi connectivity index (χ0) is 16.8. The molecule has 1 unspecified atom stereocenters. The monoisotopic (exact) mass is 332 g/mol. The van der Waals surface area contributed by atoms with Crippen LogP contribution in [0.4, 0.5) is 0 Å². The van der Waals surface area contributed by atoms with Gasteiger partial charge in [-0.05, 0) is 50.6 Å². The number of rotatable bonds is 3. The van der Waals surface area contributed by atoms with Crippen molar-refractivity contribution in [2.45, 2.75) is 45.2 Å². The van der Waals surface area contributed by atoms with Gasteiger partial charge in [0.1, 0.15) is 0 Å². The summed E-state index contributed by atoms with van der Waals surface area (Å²) in [6.45, 7) is 5.53. The summed E-state index contributed by atoms with van der Waals surface area (Å²) in [5, 5.41) is 0. The van der Waals surface area contributed by atoms with Crippen molar-refractivity contribution in [1.82, 2.24) is 19.4 Å². The summed E-state index contributed by atoms with van der Waals surface area (Å²) in [6.07, 6.45) is 6.60. The molecule has 0 spiro atoms. The third kappa shape index (κ3) is 2.47. The van der Waals surface area contributed by atoms with Crippen LogP contribution in [0, 0.1) is 6.92 Å². The van der Waals surface area contributed by atoms with E-state index in [-0.39, 0.29) is 0 Å². The number of hydrogen-bond donors (Lipinski definition) is 0. The summed E-state index contributed by atoms with van der Waals surface area (Å²) >= 11 is 0. The van der Waals surface area contributed by atoms with Crippen molar-refractivity contribution in [1.29, 1.82) is 0 Å². The third-order valence-electron chi connectivity index (χ3n) is 5.85. The molecule has 0 radical (unpaired) electrons. The van der Waals surface area contributed by atoms with Crippen LogP contribution >= 0.6 is 0 Å². The van der Waals surface area contributed by atoms with Gasteiger partial charge >= 0.3 is 0 Å². The first-order valence-electron chi connectivity index (χ1n) is 9.44. The molecule has 2 aliphatic rings. The minimum atomic E-state index is 0.580. The van der Waals surface area contributed by atoms with E-state index in [1.165, 1.54) is 48.2 Å². The Labute approximate surface area is 148 Å². The van der Waals surface area contributed by atoms with Crippen LogP contribution in [-0.4, -0.2) is 32.5 Å². The van der Waals surface area contributed by atoms with Crippen LogP contribution in [0.3, 0.4) is 0 Å². The largest absolute Gasteiger partial charge is 0.342 e. The van der Waals surface area contributed by atoms with Crippen molar-refractivity contribution < 1.29 is 0 Å². The van der Waals surface area contributed by atoms with Gasteiger partial charge in [0, 0.05) is 60.8 Å². The molecule has 1 fully saturated rings. The lowest BCUT2D eigenvalue weighted by Gasteiger charge is -2.30. The highest BCUT2D eigenvalue weighted by molar-refractivity contribution is 5.83. The summed E-state index contributed by atoms with van der Waals surface area (Å²) in [7, 11) is 0. The second-order valence-corrected chi connectivity index (χ2v) is 7.35. The molecule has 0 aliphatic carbocycles. The van der Waals surface area contributed by atoms with Gasteiger partial charge in [-0.3, -0.25) is 14.9 Å². The molecule has 2 aliphatic heterocycles. The van der Waals surface area contributed by atoms with E-state index in [0.29, 0.717) is 6.04 Å². The standard InChI is InChI=1S/C21H24N4/c1-15-7-8-19-21(23-15)20-17-6-4-12-24(17)13-10-18(20)25(19)14-9-16-5-2-3-11-22-16/h2-3,5,7-8,11,17H,4,6,9-10,12-14H2,1H3. The van der Waals surface area contributed by atoms with Crippen LogP contribution in [0.15, 0.2) is 36.5 Å². The topological polar surface area (TPSA) is 34.0 Å². The first-order valence-corrected chi connectivity index (χ1v) is 9.44. The second-order valence-electron chi connectivity index (χ2n) is 7.35. The Hall–Kier alpha value is -2.20. The Balaban J connectivity index is 1.61.